The molecule has 0 bridgehead atoms. The summed E-state index contributed by atoms with van der Waals surface area (Å²) < 4.78 is 10.9. The number of nitrogens with zero attached hydrogens (tertiary/aromatic N) is 2. The van der Waals surface area contributed by atoms with Crippen molar-refractivity contribution in [3.63, 3.8) is 0 Å². The topological polar surface area (TPSA) is 83.2 Å². The standard InChI is InChI=1S/C24H17Cl3N2O5/c25-16-4-1-15(20(27)9-16)11-34-28-24(14-2-5-19(26)21(7-14)29(30)31)18-10-17(18)13-3-6-22-23(8-13)33-12-32-22/h1-9,17-18H,10-12H2/b28-24-/t17-,18-/m1/s1. The first kappa shape index (κ1) is 22.8. The number of halogens is 3. The summed E-state index contributed by atoms with van der Waals surface area (Å²) in [6.45, 7) is 0.325. The molecule has 0 unspecified atom stereocenters. The molecule has 7 nitrogen and oxygen atoms in total. The number of hydrogen-bond acceptors (Lipinski definition) is 6. The van der Waals surface area contributed by atoms with Gasteiger partial charge in [0.25, 0.3) is 5.69 Å². The Balaban J connectivity index is 1.43. The predicted octanol–water partition coefficient (Wildman–Crippen LogP) is 7.01. The van der Waals surface area contributed by atoms with Gasteiger partial charge in [0.05, 0.1) is 10.6 Å². The third-order valence-corrected chi connectivity index (χ3v) is 6.71. The van der Waals surface area contributed by atoms with Crippen molar-refractivity contribution in [2.75, 3.05) is 6.79 Å². The lowest BCUT2D eigenvalue weighted by atomic mass is 10.0. The minimum Gasteiger partial charge on any atom is -0.454 e. The van der Waals surface area contributed by atoms with Crippen LogP contribution in [0.3, 0.4) is 0 Å². The summed E-state index contributed by atoms with van der Waals surface area (Å²) in [6.07, 6.45) is 0.806. The summed E-state index contributed by atoms with van der Waals surface area (Å²) in [5, 5.41) is 16.9. The molecule has 0 saturated heterocycles. The van der Waals surface area contributed by atoms with Crippen molar-refractivity contribution >= 4 is 46.2 Å². The summed E-state index contributed by atoms with van der Waals surface area (Å²) in [5.74, 6) is 1.58. The van der Waals surface area contributed by atoms with Gasteiger partial charge in [0, 0.05) is 33.2 Å². The Kier molecular flexibility index (Phi) is 6.25. The Hall–Kier alpha value is -3.00. The maximum atomic E-state index is 11.4. The van der Waals surface area contributed by atoms with Crippen LogP contribution in [0, 0.1) is 16.0 Å². The van der Waals surface area contributed by atoms with Crippen molar-refractivity contribution in [1.82, 2.24) is 0 Å². The molecule has 0 aromatic heterocycles. The number of rotatable bonds is 7. The summed E-state index contributed by atoms with van der Waals surface area (Å²) in [7, 11) is 0. The molecule has 3 aromatic carbocycles. The van der Waals surface area contributed by atoms with Gasteiger partial charge in [0.15, 0.2) is 11.5 Å². The normalized spacial score (nSPS) is 18.6. The van der Waals surface area contributed by atoms with Crippen molar-refractivity contribution < 1.29 is 19.2 Å². The molecular formula is C24H17Cl3N2O5. The van der Waals surface area contributed by atoms with Crippen molar-refractivity contribution in [3.05, 3.63) is 96.5 Å². The monoisotopic (exact) mass is 518 g/mol. The second-order valence-corrected chi connectivity index (χ2v) is 9.22. The summed E-state index contributed by atoms with van der Waals surface area (Å²) in [4.78, 5) is 16.6. The fourth-order valence-corrected chi connectivity index (χ4v) is 4.62. The van der Waals surface area contributed by atoms with Crippen molar-refractivity contribution in [3.8, 4) is 11.5 Å². The molecule has 1 fully saturated rings. The van der Waals surface area contributed by atoms with E-state index in [1.165, 1.54) is 12.1 Å². The molecule has 0 amide bonds. The minimum atomic E-state index is -0.514. The number of oxime groups is 1. The number of benzene rings is 3. The Morgan fingerprint density at radius 3 is 2.65 bits per heavy atom. The van der Waals surface area contributed by atoms with Crippen LogP contribution >= 0.6 is 34.8 Å². The highest BCUT2D eigenvalue weighted by molar-refractivity contribution is 6.35. The highest BCUT2D eigenvalue weighted by Crippen LogP contribution is 2.51. The number of hydrogen-bond donors (Lipinski definition) is 0. The van der Waals surface area contributed by atoms with Crippen LogP contribution in [0.5, 0.6) is 11.5 Å². The molecule has 2 atom stereocenters. The Labute approximate surface area is 209 Å². The van der Waals surface area contributed by atoms with Crippen LogP contribution in [0.25, 0.3) is 0 Å². The van der Waals surface area contributed by atoms with Gasteiger partial charge in [0.1, 0.15) is 11.6 Å². The van der Waals surface area contributed by atoms with Crippen LogP contribution in [-0.2, 0) is 11.4 Å². The molecular weight excluding hydrogens is 503 g/mol. The highest BCUT2D eigenvalue weighted by Gasteiger charge is 2.44. The first-order chi connectivity index (χ1) is 16.4. The molecule has 0 N–H and O–H groups in total. The molecule has 10 heteroatoms. The van der Waals surface area contributed by atoms with E-state index in [2.05, 4.69) is 5.16 Å². The second kappa shape index (κ2) is 9.33. The van der Waals surface area contributed by atoms with E-state index in [0.717, 1.165) is 17.5 Å². The van der Waals surface area contributed by atoms with Crippen LogP contribution in [0.1, 0.15) is 29.0 Å². The molecule has 1 saturated carbocycles. The van der Waals surface area contributed by atoms with E-state index >= 15 is 0 Å². The largest absolute Gasteiger partial charge is 0.454 e. The van der Waals surface area contributed by atoms with Gasteiger partial charge in [0.2, 0.25) is 6.79 Å². The molecule has 0 radical (unpaired) electrons. The zero-order valence-electron chi connectivity index (χ0n) is 17.5. The lowest BCUT2D eigenvalue weighted by Crippen LogP contribution is -2.08. The Morgan fingerprint density at radius 1 is 1.03 bits per heavy atom. The van der Waals surface area contributed by atoms with Gasteiger partial charge in [-0.2, -0.15) is 0 Å². The molecule has 1 heterocycles. The van der Waals surface area contributed by atoms with Crippen LogP contribution < -0.4 is 9.47 Å². The molecule has 34 heavy (non-hydrogen) atoms. The molecule has 5 rings (SSSR count). The van der Waals surface area contributed by atoms with Gasteiger partial charge in [-0.15, -0.1) is 0 Å². The van der Waals surface area contributed by atoms with Gasteiger partial charge in [-0.05, 0) is 48.2 Å². The summed E-state index contributed by atoms with van der Waals surface area (Å²) >= 11 is 18.2. The quantitative estimate of drug-likeness (QED) is 0.190. The van der Waals surface area contributed by atoms with Gasteiger partial charge < -0.3 is 14.3 Å². The molecule has 174 valence electrons. The van der Waals surface area contributed by atoms with E-state index in [4.69, 9.17) is 49.1 Å². The average molecular weight is 520 g/mol. The fraction of sp³-hybridized carbons (Fsp3) is 0.208. The fourth-order valence-electron chi connectivity index (χ4n) is 3.97. The molecule has 0 spiro atoms. The van der Waals surface area contributed by atoms with Gasteiger partial charge >= 0.3 is 0 Å². The molecule has 3 aromatic rings. The SMILES string of the molecule is O=[N+]([O-])c1cc(/C(=N/OCc2ccc(Cl)cc2Cl)[C@@H]2C[C@@H]2c2ccc3c(c2)OCO3)ccc1Cl. The molecule has 1 aliphatic carbocycles. The van der Waals surface area contributed by atoms with Gasteiger partial charge in [-0.25, -0.2) is 0 Å². The smallest absolute Gasteiger partial charge is 0.288 e. The lowest BCUT2D eigenvalue weighted by molar-refractivity contribution is -0.384. The van der Waals surface area contributed by atoms with E-state index < -0.39 is 4.92 Å². The van der Waals surface area contributed by atoms with Gasteiger partial charge in [-0.1, -0.05) is 58.2 Å². The van der Waals surface area contributed by atoms with Gasteiger partial charge in [-0.3, -0.25) is 10.1 Å². The Morgan fingerprint density at radius 2 is 1.85 bits per heavy atom. The van der Waals surface area contributed by atoms with Crippen molar-refractivity contribution in [2.45, 2.75) is 18.9 Å². The summed E-state index contributed by atoms with van der Waals surface area (Å²) in [5.41, 5.74) is 2.79. The second-order valence-electron chi connectivity index (χ2n) is 7.97. The maximum Gasteiger partial charge on any atom is 0.288 e. The van der Waals surface area contributed by atoms with E-state index in [1.54, 1.807) is 24.3 Å². The molecule has 1 aliphatic heterocycles. The first-order valence-corrected chi connectivity index (χ1v) is 11.5. The maximum absolute atomic E-state index is 11.4. The van der Waals surface area contributed by atoms with E-state index in [9.17, 15) is 10.1 Å². The third-order valence-electron chi connectivity index (χ3n) is 5.80. The van der Waals surface area contributed by atoms with Crippen LogP contribution in [0.15, 0.2) is 59.8 Å². The van der Waals surface area contributed by atoms with Crippen molar-refractivity contribution in [1.29, 1.82) is 0 Å². The van der Waals surface area contributed by atoms with E-state index in [0.29, 0.717) is 32.8 Å². The predicted molar refractivity (Wildman–Crippen MR) is 129 cm³/mol. The Bertz CT molecular complexity index is 1310. The highest BCUT2D eigenvalue weighted by atomic mass is 35.5. The zero-order chi connectivity index (χ0) is 23.8. The van der Waals surface area contributed by atoms with Crippen molar-refractivity contribution in [2.24, 2.45) is 11.1 Å². The number of nitro benzene ring substituents is 1. The lowest BCUT2D eigenvalue weighted by Gasteiger charge is -2.09. The molecule has 2 aliphatic rings. The number of ether oxygens (including phenoxy) is 2. The minimum absolute atomic E-state index is 0.00170. The summed E-state index contributed by atoms with van der Waals surface area (Å²) in [6, 6.07) is 15.6. The van der Waals surface area contributed by atoms with Crippen LogP contribution in [-0.4, -0.2) is 17.4 Å². The number of nitro groups is 1. The van der Waals surface area contributed by atoms with E-state index in [-0.39, 0.29) is 35.9 Å². The first-order valence-electron chi connectivity index (χ1n) is 10.4. The zero-order valence-corrected chi connectivity index (χ0v) is 19.8. The van der Waals surface area contributed by atoms with Crippen LogP contribution in [0.4, 0.5) is 5.69 Å². The number of fused-ring (bicyclic) bond motifs is 1. The van der Waals surface area contributed by atoms with E-state index in [1.807, 2.05) is 18.2 Å². The third kappa shape index (κ3) is 4.64. The van der Waals surface area contributed by atoms with Crippen LogP contribution in [0.2, 0.25) is 15.1 Å². The average Bonchev–Trinajstić information content (AvgIpc) is 3.45.